The van der Waals surface area contributed by atoms with Crippen LogP contribution in [0.25, 0.3) is 0 Å². The van der Waals surface area contributed by atoms with Crippen molar-refractivity contribution in [3.8, 4) is 0 Å². The van der Waals surface area contributed by atoms with Gasteiger partial charge in [0.05, 0.1) is 5.97 Å². The van der Waals surface area contributed by atoms with Crippen LogP contribution in [0.5, 0.6) is 0 Å². The number of carbonyl (C=O) groups is 1. The second-order valence-electron chi connectivity index (χ2n) is 4.05. The summed E-state index contributed by atoms with van der Waals surface area (Å²) in [6.45, 7) is 2.18. The Morgan fingerprint density at radius 3 is 1.94 bits per heavy atom. The van der Waals surface area contributed by atoms with Gasteiger partial charge in [0.2, 0.25) is 0 Å². The summed E-state index contributed by atoms with van der Waals surface area (Å²) in [5.41, 5.74) is 0. The molecule has 0 aromatic carbocycles. The molecule has 0 bridgehead atoms. The van der Waals surface area contributed by atoms with Crippen LogP contribution < -0.4 is 34.7 Å². The van der Waals surface area contributed by atoms with Crippen molar-refractivity contribution in [2.75, 3.05) is 0 Å². The van der Waals surface area contributed by atoms with Gasteiger partial charge in [-0.05, 0) is 6.42 Å². The van der Waals surface area contributed by atoms with Crippen molar-refractivity contribution < 1.29 is 43.8 Å². The molecule has 0 aliphatic carbocycles. The molecule has 0 heterocycles. The average molecular weight is 240 g/mol. The minimum atomic E-state index is -1.77. The Hall–Kier alpha value is 0.400. The number of rotatable bonds is 10. The zero-order chi connectivity index (χ0) is 11.5. The monoisotopic (exact) mass is 240 g/mol. The first-order valence-corrected chi connectivity index (χ1v) is 6.03. The van der Waals surface area contributed by atoms with Crippen LogP contribution >= 0.6 is 0 Å². The number of hydrogen-bond acceptors (Lipinski definition) is 2. The van der Waals surface area contributed by atoms with Crippen LogP contribution in [0, 0.1) is 0 Å². The van der Waals surface area contributed by atoms with Crippen molar-refractivity contribution in [1.29, 1.82) is 0 Å². The van der Waals surface area contributed by atoms with Gasteiger partial charge in [-0.15, -0.1) is 0 Å². The van der Waals surface area contributed by atoms with Crippen LogP contribution in [0.1, 0.15) is 64.7 Å². The molecule has 0 aliphatic rings. The van der Waals surface area contributed by atoms with E-state index in [9.17, 15) is 14.3 Å². The van der Waals surface area contributed by atoms with Crippen molar-refractivity contribution in [3.63, 3.8) is 0 Å². The predicted molar refractivity (Wildman–Crippen MR) is 57.1 cm³/mol. The molecule has 0 N–H and O–H groups in total. The largest absolute Gasteiger partial charge is 1.00 e. The third-order valence-corrected chi connectivity index (χ3v) is 2.57. The first-order valence-electron chi connectivity index (χ1n) is 6.03. The Labute approximate surface area is 120 Å². The Kier molecular flexibility index (Phi) is 15.8. The van der Waals surface area contributed by atoms with Gasteiger partial charge in [-0.25, -0.2) is 4.39 Å². The molecule has 0 radical (unpaired) electrons. The average Bonchev–Trinajstić information content (AvgIpc) is 2.21. The predicted octanol–water partition coefficient (Wildman–Crippen LogP) is -0.391. The fraction of sp³-hybridized carbons (Fsp3) is 0.917. The number of hydrogen-bond donors (Lipinski definition) is 0. The van der Waals surface area contributed by atoms with Gasteiger partial charge in [0.1, 0.15) is 6.17 Å². The zero-order valence-electron chi connectivity index (χ0n) is 10.6. The fourth-order valence-corrected chi connectivity index (χ4v) is 1.58. The van der Waals surface area contributed by atoms with Gasteiger partial charge >= 0.3 is 29.6 Å². The maximum Gasteiger partial charge on any atom is 1.00 e. The van der Waals surface area contributed by atoms with E-state index < -0.39 is 12.1 Å². The van der Waals surface area contributed by atoms with Gasteiger partial charge in [-0.2, -0.15) is 0 Å². The maximum absolute atomic E-state index is 12.5. The Morgan fingerprint density at radius 2 is 1.50 bits per heavy atom. The summed E-state index contributed by atoms with van der Waals surface area (Å²) in [7, 11) is 0. The van der Waals surface area contributed by atoms with Crippen LogP contribution in [0.4, 0.5) is 4.39 Å². The van der Waals surface area contributed by atoms with Gasteiger partial charge in [0, 0.05) is 0 Å². The standard InChI is InChI=1S/C12H23FO2.Na/c1-2-3-4-5-6-7-8-9-10-11(13)12(14)15;/h11H,2-10H2,1H3,(H,14,15);/q;+1/p-1. The molecule has 0 aromatic rings. The number of carboxylic acid groups (broad SMARTS) is 1. The molecule has 90 valence electrons. The molecule has 0 saturated carbocycles. The minimum absolute atomic E-state index is 0. The first-order chi connectivity index (χ1) is 7.18. The van der Waals surface area contributed by atoms with Crippen molar-refractivity contribution in [1.82, 2.24) is 0 Å². The Balaban J connectivity index is 0. The maximum atomic E-state index is 12.5. The molecular weight excluding hydrogens is 218 g/mol. The molecule has 0 spiro atoms. The van der Waals surface area contributed by atoms with Crippen LogP contribution in [0.2, 0.25) is 0 Å². The third-order valence-electron chi connectivity index (χ3n) is 2.57. The molecule has 0 aliphatic heterocycles. The molecule has 2 nitrogen and oxygen atoms in total. The van der Waals surface area contributed by atoms with Gasteiger partial charge < -0.3 is 9.90 Å². The number of aliphatic carboxylic acids is 1. The van der Waals surface area contributed by atoms with Crippen molar-refractivity contribution >= 4 is 5.97 Å². The normalized spacial score (nSPS) is 11.9. The number of halogens is 1. The summed E-state index contributed by atoms with van der Waals surface area (Å²) in [6.07, 6.45) is 7.25. The smallest absolute Gasteiger partial charge is 0.547 e. The number of unbranched alkanes of at least 4 members (excludes halogenated alkanes) is 7. The molecular formula is C12H22FNaO2. The van der Waals surface area contributed by atoms with E-state index in [1.54, 1.807) is 0 Å². The molecule has 0 amide bonds. The van der Waals surface area contributed by atoms with Crippen molar-refractivity contribution in [2.24, 2.45) is 0 Å². The van der Waals surface area contributed by atoms with Crippen molar-refractivity contribution in [3.05, 3.63) is 0 Å². The number of carbonyl (C=O) groups excluding carboxylic acids is 1. The molecule has 0 rings (SSSR count). The number of carboxylic acids is 1. The van der Waals surface area contributed by atoms with E-state index in [2.05, 4.69) is 6.92 Å². The third kappa shape index (κ3) is 12.5. The van der Waals surface area contributed by atoms with E-state index in [-0.39, 0.29) is 36.0 Å². The van der Waals surface area contributed by atoms with E-state index in [0.717, 1.165) is 12.8 Å². The zero-order valence-corrected chi connectivity index (χ0v) is 12.6. The van der Waals surface area contributed by atoms with Gasteiger partial charge in [-0.1, -0.05) is 58.3 Å². The summed E-state index contributed by atoms with van der Waals surface area (Å²) < 4.78 is 12.5. The Bertz CT molecular complexity index is 165. The number of alkyl halides is 1. The quantitative estimate of drug-likeness (QED) is 0.385. The molecule has 0 aromatic heterocycles. The van der Waals surface area contributed by atoms with Gasteiger partial charge in [-0.3, -0.25) is 0 Å². The Morgan fingerprint density at radius 1 is 1.06 bits per heavy atom. The second-order valence-corrected chi connectivity index (χ2v) is 4.05. The van der Waals surface area contributed by atoms with E-state index in [0.29, 0.717) is 6.42 Å². The summed E-state index contributed by atoms with van der Waals surface area (Å²) in [6, 6.07) is 0. The minimum Gasteiger partial charge on any atom is -0.547 e. The molecule has 0 fully saturated rings. The molecule has 16 heavy (non-hydrogen) atoms. The summed E-state index contributed by atoms with van der Waals surface area (Å²) in [5, 5.41) is 10.1. The van der Waals surface area contributed by atoms with Crippen molar-refractivity contribution in [2.45, 2.75) is 70.9 Å². The SMILES string of the molecule is CCCCCCCCCCC(F)C(=O)[O-].[Na+]. The first kappa shape index (κ1) is 18.8. The molecule has 1 atom stereocenters. The molecule has 0 saturated heterocycles. The summed E-state index contributed by atoms with van der Waals surface area (Å²) >= 11 is 0. The van der Waals surface area contributed by atoms with E-state index in [4.69, 9.17) is 0 Å². The van der Waals surface area contributed by atoms with Gasteiger partial charge in [0.15, 0.2) is 0 Å². The van der Waals surface area contributed by atoms with E-state index >= 15 is 0 Å². The topological polar surface area (TPSA) is 40.1 Å². The second kappa shape index (κ2) is 13.5. The van der Waals surface area contributed by atoms with E-state index in [1.165, 1.54) is 32.1 Å². The molecule has 4 heteroatoms. The van der Waals surface area contributed by atoms with Crippen LogP contribution in [-0.4, -0.2) is 12.1 Å². The van der Waals surface area contributed by atoms with Crippen LogP contribution in [-0.2, 0) is 4.79 Å². The molecule has 1 unspecified atom stereocenters. The van der Waals surface area contributed by atoms with Crippen LogP contribution in [0.15, 0.2) is 0 Å². The summed E-state index contributed by atoms with van der Waals surface area (Å²) in [5.74, 6) is -1.57. The van der Waals surface area contributed by atoms with Crippen LogP contribution in [0.3, 0.4) is 0 Å². The summed E-state index contributed by atoms with van der Waals surface area (Å²) in [4.78, 5) is 10.1. The van der Waals surface area contributed by atoms with Gasteiger partial charge in [0.25, 0.3) is 0 Å². The fourth-order valence-electron chi connectivity index (χ4n) is 1.58. The van der Waals surface area contributed by atoms with E-state index in [1.807, 2.05) is 0 Å².